The Morgan fingerprint density at radius 3 is 2.33 bits per heavy atom. The number of aliphatic hydroxyl groups excluding tert-OH is 2. The summed E-state index contributed by atoms with van der Waals surface area (Å²) in [5.41, 5.74) is 0. The van der Waals surface area contributed by atoms with Crippen molar-refractivity contribution in [3.8, 4) is 5.75 Å². The first-order valence-corrected chi connectivity index (χ1v) is 6.44. The average molecular weight is 267 g/mol. The summed E-state index contributed by atoms with van der Waals surface area (Å²) < 4.78 is 5.44. The van der Waals surface area contributed by atoms with Gasteiger partial charge in [0.2, 0.25) is 0 Å². The van der Waals surface area contributed by atoms with Gasteiger partial charge in [-0.2, -0.15) is 0 Å². The first-order valence-electron chi connectivity index (χ1n) is 6.03. The molecule has 1 fully saturated rings. The Morgan fingerprint density at radius 1 is 1.11 bits per heavy atom. The van der Waals surface area contributed by atoms with E-state index in [2.05, 4.69) is 5.32 Å². The average Bonchev–Trinajstić information content (AvgIpc) is 2.28. The summed E-state index contributed by atoms with van der Waals surface area (Å²) in [6.07, 6.45) is 0.631. The Morgan fingerprint density at radius 2 is 1.72 bits per heavy atom. The fraction of sp³-hybridized carbons (Fsp3) is 0.462. The number of nitrogens with one attached hydrogen (secondary N) is 1. The van der Waals surface area contributed by atoms with Gasteiger partial charge in [-0.1, -0.05) is 18.2 Å². The lowest BCUT2D eigenvalue weighted by Crippen LogP contribution is -2.44. The molecule has 4 nitrogen and oxygen atoms in total. The van der Waals surface area contributed by atoms with Crippen molar-refractivity contribution in [1.29, 1.82) is 0 Å². The molecule has 0 saturated heterocycles. The van der Waals surface area contributed by atoms with Crippen LogP contribution in [0.5, 0.6) is 5.75 Å². The highest BCUT2D eigenvalue weighted by molar-refractivity contribution is 7.80. The predicted molar refractivity (Wildman–Crippen MR) is 72.5 cm³/mol. The van der Waals surface area contributed by atoms with Gasteiger partial charge >= 0.3 is 0 Å². The molecule has 1 unspecified atom stereocenters. The summed E-state index contributed by atoms with van der Waals surface area (Å²) in [6.45, 7) is 0. The van der Waals surface area contributed by atoms with Crippen molar-refractivity contribution in [2.24, 2.45) is 0 Å². The predicted octanol–water partition coefficient (Wildman–Crippen LogP) is 1.21. The number of hydrogen-bond acceptors (Lipinski definition) is 4. The van der Waals surface area contributed by atoms with Gasteiger partial charge in [-0.05, 0) is 43.6 Å². The molecule has 0 aromatic heterocycles. The molecule has 98 valence electrons. The molecule has 1 saturated carbocycles. The number of rotatable bonds is 2. The third-order valence-corrected chi connectivity index (χ3v) is 3.13. The second-order valence-corrected chi connectivity index (χ2v) is 4.93. The molecule has 1 aliphatic rings. The molecule has 0 aliphatic heterocycles. The third-order valence-electron chi connectivity index (χ3n) is 2.93. The molecular weight excluding hydrogens is 250 g/mol. The molecule has 0 amide bonds. The van der Waals surface area contributed by atoms with Crippen LogP contribution in [0.1, 0.15) is 19.3 Å². The van der Waals surface area contributed by atoms with Crippen molar-refractivity contribution >= 4 is 17.4 Å². The fourth-order valence-corrected chi connectivity index (χ4v) is 2.43. The molecule has 0 heterocycles. The highest BCUT2D eigenvalue weighted by atomic mass is 32.1. The van der Waals surface area contributed by atoms with Gasteiger partial charge in [-0.25, -0.2) is 0 Å². The molecule has 3 atom stereocenters. The van der Waals surface area contributed by atoms with E-state index in [-0.39, 0.29) is 11.2 Å². The molecule has 2 rings (SSSR count). The van der Waals surface area contributed by atoms with Crippen molar-refractivity contribution in [2.45, 2.75) is 37.5 Å². The Balaban J connectivity index is 1.84. The zero-order chi connectivity index (χ0) is 13.0. The number of aliphatic hydroxyl groups is 2. The maximum Gasteiger partial charge on any atom is 0.262 e. The topological polar surface area (TPSA) is 61.7 Å². The zero-order valence-corrected chi connectivity index (χ0v) is 10.8. The van der Waals surface area contributed by atoms with E-state index >= 15 is 0 Å². The summed E-state index contributed by atoms with van der Waals surface area (Å²) in [4.78, 5) is 0. The number of benzene rings is 1. The highest BCUT2D eigenvalue weighted by Gasteiger charge is 2.27. The fourth-order valence-electron chi connectivity index (χ4n) is 2.17. The standard InChI is InChI=1S/C13H17NO3S/c15-10-6-9(7-11(16)8-10)14-13(18)17-12-4-2-1-3-5-12/h1-5,9-11,15-16H,6-8H2,(H,14,18)/t9?,10-,11+. The van der Waals surface area contributed by atoms with Crippen molar-refractivity contribution in [2.75, 3.05) is 0 Å². The van der Waals surface area contributed by atoms with Gasteiger partial charge in [0.1, 0.15) is 5.75 Å². The smallest absolute Gasteiger partial charge is 0.262 e. The van der Waals surface area contributed by atoms with Crippen molar-refractivity contribution in [1.82, 2.24) is 5.32 Å². The minimum absolute atomic E-state index is 0.0417. The van der Waals surface area contributed by atoms with E-state index in [1.54, 1.807) is 0 Å². The molecule has 1 aliphatic carbocycles. The Hall–Kier alpha value is -1.17. The van der Waals surface area contributed by atoms with Gasteiger partial charge < -0.3 is 20.3 Å². The first-order chi connectivity index (χ1) is 8.63. The Labute approximate surface area is 112 Å². The van der Waals surface area contributed by atoms with Gasteiger partial charge in [0.05, 0.1) is 12.2 Å². The van der Waals surface area contributed by atoms with Crippen LogP contribution in [0.15, 0.2) is 30.3 Å². The first kappa shape index (κ1) is 13.3. The quantitative estimate of drug-likeness (QED) is 0.703. The van der Waals surface area contributed by atoms with E-state index in [4.69, 9.17) is 17.0 Å². The molecule has 1 aromatic carbocycles. The number of ether oxygens (including phenoxy) is 1. The maximum atomic E-state index is 9.57. The van der Waals surface area contributed by atoms with Crippen LogP contribution in [0, 0.1) is 0 Å². The van der Waals surface area contributed by atoms with Crippen LogP contribution >= 0.6 is 12.2 Å². The molecular formula is C13H17NO3S. The summed E-state index contributed by atoms with van der Waals surface area (Å²) in [6, 6.07) is 9.23. The van der Waals surface area contributed by atoms with E-state index in [0.29, 0.717) is 25.0 Å². The minimum atomic E-state index is -0.481. The van der Waals surface area contributed by atoms with Crippen LogP contribution in [-0.4, -0.2) is 33.6 Å². The summed E-state index contributed by atoms with van der Waals surface area (Å²) in [5, 5.41) is 22.4. The molecule has 0 spiro atoms. The summed E-state index contributed by atoms with van der Waals surface area (Å²) in [7, 11) is 0. The Kier molecular flexibility index (Phi) is 4.52. The van der Waals surface area contributed by atoms with E-state index in [9.17, 15) is 10.2 Å². The van der Waals surface area contributed by atoms with Gasteiger partial charge in [0.15, 0.2) is 0 Å². The van der Waals surface area contributed by atoms with Crippen molar-refractivity contribution < 1.29 is 14.9 Å². The number of thiocarbonyl (C=S) groups is 1. The van der Waals surface area contributed by atoms with E-state index in [1.165, 1.54) is 0 Å². The van der Waals surface area contributed by atoms with E-state index in [1.807, 2.05) is 30.3 Å². The second-order valence-electron chi connectivity index (χ2n) is 4.56. The molecule has 0 radical (unpaired) electrons. The molecule has 0 bridgehead atoms. The van der Waals surface area contributed by atoms with Crippen LogP contribution in [-0.2, 0) is 0 Å². The van der Waals surface area contributed by atoms with E-state index < -0.39 is 12.2 Å². The van der Waals surface area contributed by atoms with Crippen LogP contribution in [0.4, 0.5) is 0 Å². The lowest BCUT2D eigenvalue weighted by molar-refractivity contribution is 0.0281. The molecule has 3 N–H and O–H groups in total. The lowest BCUT2D eigenvalue weighted by Gasteiger charge is -2.30. The second kappa shape index (κ2) is 6.13. The van der Waals surface area contributed by atoms with Crippen LogP contribution in [0.3, 0.4) is 0 Å². The highest BCUT2D eigenvalue weighted by Crippen LogP contribution is 2.19. The van der Waals surface area contributed by atoms with Gasteiger partial charge in [-0.15, -0.1) is 0 Å². The monoisotopic (exact) mass is 267 g/mol. The molecule has 5 heteroatoms. The molecule has 18 heavy (non-hydrogen) atoms. The number of para-hydroxylation sites is 1. The largest absolute Gasteiger partial charge is 0.432 e. The minimum Gasteiger partial charge on any atom is -0.432 e. The van der Waals surface area contributed by atoms with Gasteiger partial charge in [-0.3, -0.25) is 0 Å². The third kappa shape index (κ3) is 3.94. The van der Waals surface area contributed by atoms with Crippen LogP contribution in [0.25, 0.3) is 0 Å². The SMILES string of the molecule is O[C@@H]1CC(NC(=S)Oc2ccccc2)C[C@H](O)C1. The lowest BCUT2D eigenvalue weighted by atomic mass is 9.91. The molecule has 1 aromatic rings. The summed E-state index contributed by atoms with van der Waals surface area (Å²) >= 11 is 5.10. The zero-order valence-electron chi connectivity index (χ0n) is 9.95. The normalized spacial score (nSPS) is 27.6. The van der Waals surface area contributed by atoms with Gasteiger partial charge in [0, 0.05) is 6.04 Å². The summed E-state index contributed by atoms with van der Waals surface area (Å²) in [5.74, 6) is 0.673. The Bertz CT molecular complexity index is 388. The van der Waals surface area contributed by atoms with Crippen LogP contribution < -0.4 is 10.1 Å². The van der Waals surface area contributed by atoms with E-state index in [0.717, 1.165) is 0 Å². The maximum absolute atomic E-state index is 9.57. The van der Waals surface area contributed by atoms with Crippen molar-refractivity contribution in [3.63, 3.8) is 0 Å². The number of hydrogen-bond donors (Lipinski definition) is 3. The van der Waals surface area contributed by atoms with Crippen molar-refractivity contribution in [3.05, 3.63) is 30.3 Å². The van der Waals surface area contributed by atoms with Gasteiger partial charge in [0.25, 0.3) is 5.17 Å². The van der Waals surface area contributed by atoms with Crippen LogP contribution in [0.2, 0.25) is 0 Å².